The first-order valence-electron chi connectivity index (χ1n) is 8.25. The van der Waals surface area contributed by atoms with E-state index in [2.05, 4.69) is 15.2 Å². The molecule has 0 saturated heterocycles. The number of benzene rings is 1. The second-order valence-electron chi connectivity index (χ2n) is 5.90. The fraction of sp³-hybridized carbons (Fsp3) is 0.158. The molecule has 10 heteroatoms. The number of methoxy groups -OCH3 is 1. The van der Waals surface area contributed by atoms with Gasteiger partial charge in [0, 0.05) is 10.6 Å². The Balaban J connectivity index is 2.00. The lowest BCUT2D eigenvalue weighted by Gasteiger charge is -2.13. The first-order valence-corrected chi connectivity index (χ1v) is 8.63. The van der Waals surface area contributed by atoms with E-state index in [4.69, 9.17) is 26.3 Å². The molecule has 2 heterocycles. The van der Waals surface area contributed by atoms with Crippen molar-refractivity contribution in [2.24, 2.45) is 0 Å². The van der Waals surface area contributed by atoms with Crippen LogP contribution in [0.25, 0.3) is 0 Å². The second-order valence-corrected chi connectivity index (χ2v) is 6.34. The van der Waals surface area contributed by atoms with Gasteiger partial charge in [0.25, 0.3) is 5.56 Å². The molecule has 0 aliphatic carbocycles. The van der Waals surface area contributed by atoms with Gasteiger partial charge >= 0.3 is 0 Å². The molecule has 0 bridgehead atoms. The largest absolute Gasteiger partial charge is 0.480 e. The van der Waals surface area contributed by atoms with Crippen molar-refractivity contribution in [3.05, 3.63) is 68.5 Å². The molecule has 0 N–H and O–H groups in total. The predicted molar refractivity (Wildman–Crippen MR) is 103 cm³/mol. The summed E-state index contributed by atoms with van der Waals surface area (Å²) < 4.78 is 12.1. The molecule has 0 radical (unpaired) electrons. The number of nitrogens with zero attached hydrogens (tertiary/aromatic N) is 5. The standard InChI is InChI=1S/C19H14ClN5O4/c1-11-17(29-16-4-12(7-21)3-14(20)6-16)19(27)25(10-22-11)8-13-5-15(9-26)23-24-18(13)28-2/h3-6,9-10H,8H2,1-2H3. The summed E-state index contributed by atoms with van der Waals surface area (Å²) in [6, 6.07) is 7.89. The van der Waals surface area contributed by atoms with Gasteiger partial charge in [-0.1, -0.05) is 11.6 Å². The maximum Gasteiger partial charge on any atom is 0.296 e. The molecule has 3 aromatic rings. The smallest absolute Gasteiger partial charge is 0.296 e. The summed E-state index contributed by atoms with van der Waals surface area (Å²) in [5.74, 6) is 0.398. The number of rotatable bonds is 6. The molecule has 2 aromatic heterocycles. The number of hydrogen-bond donors (Lipinski definition) is 0. The fourth-order valence-electron chi connectivity index (χ4n) is 2.55. The van der Waals surface area contributed by atoms with Gasteiger partial charge in [-0.05, 0) is 31.2 Å². The van der Waals surface area contributed by atoms with Gasteiger partial charge in [-0.2, -0.15) is 5.26 Å². The highest BCUT2D eigenvalue weighted by atomic mass is 35.5. The normalized spacial score (nSPS) is 10.3. The van der Waals surface area contributed by atoms with Crippen molar-refractivity contribution in [1.82, 2.24) is 19.7 Å². The summed E-state index contributed by atoms with van der Waals surface area (Å²) in [6.07, 6.45) is 1.90. The molecule has 146 valence electrons. The Bertz CT molecular complexity index is 1190. The molecular formula is C19H14ClN5O4. The fourth-order valence-corrected chi connectivity index (χ4v) is 2.77. The Hall–Kier alpha value is -3.77. The van der Waals surface area contributed by atoms with Gasteiger partial charge in [0.1, 0.15) is 11.4 Å². The maximum absolute atomic E-state index is 12.9. The highest BCUT2D eigenvalue weighted by molar-refractivity contribution is 6.30. The third-order valence-corrected chi connectivity index (χ3v) is 4.12. The van der Waals surface area contributed by atoms with Crippen LogP contribution in [0.4, 0.5) is 0 Å². The lowest BCUT2D eigenvalue weighted by Crippen LogP contribution is -2.23. The number of ether oxygens (including phenoxy) is 2. The molecule has 29 heavy (non-hydrogen) atoms. The van der Waals surface area contributed by atoms with Crippen molar-refractivity contribution in [2.75, 3.05) is 7.11 Å². The quantitative estimate of drug-likeness (QED) is 0.567. The van der Waals surface area contributed by atoms with Gasteiger partial charge < -0.3 is 9.47 Å². The van der Waals surface area contributed by atoms with Gasteiger partial charge in [-0.15, -0.1) is 10.2 Å². The first-order chi connectivity index (χ1) is 13.9. The number of aromatic nitrogens is 4. The van der Waals surface area contributed by atoms with Crippen LogP contribution in [0.5, 0.6) is 17.4 Å². The van der Waals surface area contributed by atoms with E-state index in [-0.39, 0.29) is 29.6 Å². The average molecular weight is 412 g/mol. The van der Waals surface area contributed by atoms with Gasteiger partial charge in [0.05, 0.1) is 37.3 Å². The lowest BCUT2D eigenvalue weighted by atomic mass is 10.2. The molecule has 0 fully saturated rings. The molecule has 1 aromatic carbocycles. The first kappa shape index (κ1) is 20.0. The van der Waals surface area contributed by atoms with E-state index in [9.17, 15) is 9.59 Å². The summed E-state index contributed by atoms with van der Waals surface area (Å²) in [7, 11) is 1.41. The zero-order valence-electron chi connectivity index (χ0n) is 15.4. The Morgan fingerprint density at radius 2 is 2.07 bits per heavy atom. The van der Waals surface area contributed by atoms with Crippen molar-refractivity contribution in [2.45, 2.75) is 13.5 Å². The highest BCUT2D eigenvalue weighted by Crippen LogP contribution is 2.25. The molecule has 0 amide bonds. The van der Waals surface area contributed by atoms with Gasteiger partial charge in [-0.3, -0.25) is 14.2 Å². The molecule has 3 rings (SSSR count). The highest BCUT2D eigenvalue weighted by Gasteiger charge is 2.15. The van der Waals surface area contributed by atoms with Crippen molar-refractivity contribution < 1.29 is 14.3 Å². The minimum atomic E-state index is -0.470. The van der Waals surface area contributed by atoms with E-state index in [1.54, 1.807) is 6.92 Å². The third kappa shape index (κ3) is 4.39. The number of hydrogen-bond acceptors (Lipinski definition) is 8. The number of carbonyl (C=O) groups excluding carboxylic acids is 1. The van der Waals surface area contributed by atoms with Crippen LogP contribution in [-0.2, 0) is 6.54 Å². The van der Waals surface area contributed by atoms with Crippen molar-refractivity contribution in [3.63, 3.8) is 0 Å². The minimum absolute atomic E-state index is 0.0183. The maximum atomic E-state index is 12.9. The monoisotopic (exact) mass is 411 g/mol. The van der Waals surface area contributed by atoms with Crippen LogP contribution in [0.3, 0.4) is 0 Å². The molecule has 0 atom stereocenters. The minimum Gasteiger partial charge on any atom is -0.480 e. The average Bonchev–Trinajstić information content (AvgIpc) is 2.72. The molecule has 9 nitrogen and oxygen atoms in total. The van der Waals surface area contributed by atoms with Gasteiger partial charge in [-0.25, -0.2) is 4.98 Å². The van der Waals surface area contributed by atoms with Crippen LogP contribution in [0, 0.1) is 18.3 Å². The van der Waals surface area contributed by atoms with Crippen molar-refractivity contribution >= 4 is 17.9 Å². The Morgan fingerprint density at radius 3 is 2.76 bits per heavy atom. The van der Waals surface area contributed by atoms with Crippen LogP contribution >= 0.6 is 11.6 Å². The number of halogens is 1. The van der Waals surface area contributed by atoms with E-state index in [0.717, 1.165) is 0 Å². The zero-order chi connectivity index (χ0) is 21.0. The molecule has 0 saturated carbocycles. The van der Waals surface area contributed by atoms with Gasteiger partial charge in [0.15, 0.2) is 6.29 Å². The van der Waals surface area contributed by atoms with Crippen LogP contribution in [0.15, 0.2) is 35.4 Å². The number of aldehydes is 1. The van der Waals surface area contributed by atoms with Crippen molar-refractivity contribution in [3.8, 4) is 23.4 Å². The van der Waals surface area contributed by atoms with E-state index < -0.39 is 5.56 Å². The molecule has 0 spiro atoms. The van der Waals surface area contributed by atoms with E-state index in [0.29, 0.717) is 28.1 Å². The molecule has 0 aliphatic heterocycles. The van der Waals surface area contributed by atoms with E-state index in [1.165, 1.54) is 42.3 Å². The van der Waals surface area contributed by atoms with Gasteiger partial charge in [0.2, 0.25) is 11.6 Å². The Labute approximate surface area is 170 Å². The van der Waals surface area contributed by atoms with Crippen LogP contribution in [0.1, 0.15) is 27.3 Å². The lowest BCUT2D eigenvalue weighted by molar-refractivity contribution is 0.111. The Kier molecular flexibility index (Phi) is 5.85. The summed E-state index contributed by atoms with van der Waals surface area (Å²) in [6.45, 7) is 1.65. The summed E-state index contributed by atoms with van der Waals surface area (Å²) >= 11 is 5.99. The molecule has 0 aliphatic rings. The zero-order valence-corrected chi connectivity index (χ0v) is 16.2. The van der Waals surface area contributed by atoms with Crippen LogP contribution in [-0.4, -0.2) is 33.1 Å². The van der Waals surface area contributed by atoms with Crippen molar-refractivity contribution in [1.29, 1.82) is 5.26 Å². The second kappa shape index (κ2) is 8.50. The predicted octanol–water partition coefficient (Wildman–Crippen LogP) is 2.53. The Morgan fingerprint density at radius 1 is 1.28 bits per heavy atom. The van der Waals surface area contributed by atoms with Crippen LogP contribution < -0.4 is 15.0 Å². The topological polar surface area (TPSA) is 120 Å². The van der Waals surface area contributed by atoms with E-state index >= 15 is 0 Å². The third-order valence-electron chi connectivity index (χ3n) is 3.90. The summed E-state index contributed by atoms with van der Waals surface area (Å²) in [4.78, 5) is 28.1. The van der Waals surface area contributed by atoms with Crippen LogP contribution in [0.2, 0.25) is 5.02 Å². The molecule has 0 unspecified atom stereocenters. The molecular weight excluding hydrogens is 398 g/mol. The summed E-state index contributed by atoms with van der Waals surface area (Å²) in [5, 5.41) is 16.9. The van der Waals surface area contributed by atoms with E-state index in [1.807, 2.05) is 6.07 Å². The summed E-state index contributed by atoms with van der Waals surface area (Å²) in [5.41, 5.74) is 0.759. The number of carbonyl (C=O) groups is 1. The number of aryl methyl sites for hydroxylation is 1. The number of nitriles is 1. The SMILES string of the molecule is COc1nnc(C=O)cc1Cn1cnc(C)c(Oc2cc(Cl)cc(C#N)c2)c1=O.